The maximum atomic E-state index is 10.8. The molecular weight excluding hydrogens is 152 g/mol. The Labute approximate surface area is 70.2 Å². The molecule has 0 aromatic carbocycles. The van der Waals surface area contributed by atoms with Crippen LogP contribution in [0.3, 0.4) is 0 Å². The molecule has 1 heterocycles. The van der Waals surface area contributed by atoms with E-state index in [1.54, 1.807) is 18.2 Å². The van der Waals surface area contributed by atoms with Crippen molar-refractivity contribution in [3.8, 4) is 0 Å². The van der Waals surface area contributed by atoms with E-state index in [-0.39, 0.29) is 5.63 Å². The molecule has 12 heavy (non-hydrogen) atoms. The van der Waals surface area contributed by atoms with Gasteiger partial charge in [0.1, 0.15) is 5.42 Å². The molecule has 0 spiro atoms. The van der Waals surface area contributed by atoms with Gasteiger partial charge in [-0.25, -0.2) is 4.79 Å². The van der Waals surface area contributed by atoms with Crippen molar-refractivity contribution in [2.45, 2.75) is 6.92 Å². The Kier molecular flexibility index (Phi) is 2.64. The molecule has 1 aromatic rings. The van der Waals surface area contributed by atoms with Gasteiger partial charge < -0.3 is 4.42 Å². The quantitative estimate of drug-likeness (QED) is 0.598. The smallest absolute Gasteiger partial charge is 0.336 e. The molecule has 0 saturated carbocycles. The lowest BCUT2D eigenvalue weighted by Crippen LogP contribution is -2.27. The van der Waals surface area contributed by atoms with Crippen molar-refractivity contribution in [3.63, 3.8) is 0 Å². The van der Waals surface area contributed by atoms with Crippen LogP contribution in [0.2, 0.25) is 0 Å². The van der Waals surface area contributed by atoms with Gasteiger partial charge in [-0.3, -0.25) is 0 Å². The molecule has 1 aromatic heterocycles. The maximum absolute atomic E-state index is 10.8. The van der Waals surface area contributed by atoms with Crippen LogP contribution in [0.5, 0.6) is 0 Å². The third-order valence-corrected chi connectivity index (χ3v) is 1.47. The van der Waals surface area contributed by atoms with E-state index in [4.69, 9.17) is 4.42 Å². The zero-order valence-electron chi connectivity index (χ0n) is 6.91. The molecule has 0 fully saturated rings. The number of rotatable bonds is 1. The van der Waals surface area contributed by atoms with Gasteiger partial charge in [-0.1, -0.05) is 18.7 Å². The molecule has 0 bridgehead atoms. The topological polar surface area (TPSA) is 30.2 Å². The van der Waals surface area contributed by atoms with E-state index in [0.717, 1.165) is 5.22 Å². The van der Waals surface area contributed by atoms with Crippen LogP contribution in [-0.2, 0) is 0 Å². The van der Waals surface area contributed by atoms with Gasteiger partial charge in [-0.05, 0) is 19.1 Å². The molecule has 0 unspecified atom stereocenters. The van der Waals surface area contributed by atoms with Gasteiger partial charge in [0.15, 0.2) is 0 Å². The second kappa shape index (κ2) is 3.72. The summed E-state index contributed by atoms with van der Waals surface area (Å²) >= 11 is 0. The first kappa shape index (κ1) is 8.53. The van der Waals surface area contributed by atoms with Crippen LogP contribution < -0.4 is 16.3 Å². The van der Waals surface area contributed by atoms with Crippen molar-refractivity contribution >= 4 is 12.2 Å². The number of hydrogen-bond acceptors (Lipinski definition) is 2. The van der Waals surface area contributed by atoms with Crippen molar-refractivity contribution in [2.24, 2.45) is 0 Å². The highest BCUT2D eigenvalue weighted by Gasteiger charge is 1.86. The lowest BCUT2D eigenvalue weighted by atomic mass is 10.3. The number of allylic oxidation sites excluding steroid dienone is 1. The van der Waals surface area contributed by atoms with Crippen molar-refractivity contribution in [1.29, 1.82) is 0 Å². The molecule has 0 atom stereocenters. The first-order valence-electron chi connectivity index (χ1n) is 3.67. The summed E-state index contributed by atoms with van der Waals surface area (Å²) in [4.78, 5) is 10.8. The minimum atomic E-state index is -0.339. The van der Waals surface area contributed by atoms with E-state index in [0.29, 0.717) is 5.42 Å². The first-order valence-corrected chi connectivity index (χ1v) is 3.67. The van der Waals surface area contributed by atoms with E-state index in [2.05, 4.69) is 6.58 Å². The van der Waals surface area contributed by atoms with Gasteiger partial charge in [0, 0.05) is 11.3 Å². The fourth-order valence-corrected chi connectivity index (χ4v) is 0.917. The van der Waals surface area contributed by atoms with Crippen LogP contribution in [0.25, 0.3) is 12.2 Å². The molecule has 2 nitrogen and oxygen atoms in total. The zero-order valence-corrected chi connectivity index (χ0v) is 6.91. The van der Waals surface area contributed by atoms with Crippen molar-refractivity contribution < 1.29 is 4.42 Å². The Balaban J connectivity index is 3.65. The van der Waals surface area contributed by atoms with Crippen LogP contribution in [0.15, 0.2) is 34.0 Å². The lowest BCUT2D eigenvalue weighted by molar-refractivity contribution is 0.474. The fourth-order valence-electron chi connectivity index (χ4n) is 0.917. The van der Waals surface area contributed by atoms with Crippen molar-refractivity contribution in [1.82, 2.24) is 0 Å². The van der Waals surface area contributed by atoms with E-state index in [9.17, 15) is 4.79 Å². The summed E-state index contributed by atoms with van der Waals surface area (Å²) in [7, 11) is 0. The summed E-state index contributed by atoms with van der Waals surface area (Å²) in [6.07, 6.45) is 5.13. The minimum absolute atomic E-state index is 0.339. The molecule has 0 saturated heterocycles. The molecular formula is C10H10O2. The molecule has 62 valence electrons. The summed E-state index contributed by atoms with van der Waals surface area (Å²) in [6, 6.07) is 3.12. The number of hydrogen-bond donors (Lipinski definition) is 0. The highest BCUT2D eigenvalue weighted by Crippen LogP contribution is 1.66. The molecule has 0 N–H and O–H groups in total. The average Bonchev–Trinajstić information content (AvgIpc) is 2.05. The molecule has 0 aliphatic rings. The molecule has 0 aliphatic carbocycles. The van der Waals surface area contributed by atoms with Crippen molar-refractivity contribution in [3.05, 3.63) is 45.8 Å². The van der Waals surface area contributed by atoms with Gasteiger partial charge in [0.05, 0.1) is 0 Å². The maximum Gasteiger partial charge on any atom is 0.336 e. The largest absolute Gasteiger partial charge is 0.423 e. The lowest BCUT2D eigenvalue weighted by Gasteiger charge is -1.85. The van der Waals surface area contributed by atoms with Crippen LogP contribution in [0.4, 0.5) is 0 Å². The molecule has 0 aliphatic heterocycles. The molecule has 0 amide bonds. The highest BCUT2D eigenvalue weighted by molar-refractivity contribution is 5.33. The summed E-state index contributed by atoms with van der Waals surface area (Å²) in [6.45, 7) is 5.41. The third-order valence-electron chi connectivity index (χ3n) is 1.47. The SMILES string of the molecule is C=C/C=c1/oc(=O)cc/c1=C/C. The van der Waals surface area contributed by atoms with Crippen molar-refractivity contribution in [2.75, 3.05) is 0 Å². The predicted molar refractivity (Wildman–Crippen MR) is 49.0 cm³/mol. The molecule has 0 radical (unpaired) electrons. The standard InChI is InChI=1S/C10H10O2/c1-3-5-9-8(4-2)6-7-10(11)12-9/h3-7H,1H2,2H3/b8-4-,9-5+. The van der Waals surface area contributed by atoms with Gasteiger partial charge in [0.25, 0.3) is 0 Å². The monoisotopic (exact) mass is 162 g/mol. The highest BCUT2D eigenvalue weighted by atomic mass is 16.4. The zero-order chi connectivity index (χ0) is 8.97. The van der Waals surface area contributed by atoms with Crippen LogP contribution >= 0.6 is 0 Å². The summed E-state index contributed by atoms with van der Waals surface area (Å²) < 4.78 is 4.93. The normalized spacial score (nSPS) is 13.4. The van der Waals surface area contributed by atoms with E-state index < -0.39 is 0 Å². The Morgan fingerprint density at radius 2 is 2.25 bits per heavy atom. The van der Waals surface area contributed by atoms with Crippen LogP contribution in [0, 0.1) is 0 Å². The van der Waals surface area contributed by atoms with Gasteiger partial charge in [0.2, 0.25) is 0 Å². The first-order chi connectivity index (χ1) is 5.77. The average molecular weight is 162 g/mol. The molecule has 2 heteroatoms. The predicted octanol–water partition coefficient (Wildman–Crippen LogP) is 0.407. The Morgan fingerprint density at radius 1 is 1.50 bits per heavy atom. The minimum Gasteiger partial charge on any atom is -0.423 e. The summed E-state index contributed by atoms with van der Waals surface area (Å²) in [5.74, 6) is 0. The van der Waals surface area contributed by atoms with Gasteiger partial charge >= 0.3 is 5.63 Å². The van der Waals surface area contributed by atoms with E-state index in [1.165, 1.54) is 6.07 Å². The Hall–Kier alpha value is -1.57. The van der Waals surface area contributed by atoms with E-state index >= 15 is 0 Å². The van der Waals surface area contributed by atoms with E-state index in [1.807, 2.05) is 13.0 Å². The third kappa shape index (κ3) is 1.72. The summed E-state index contributed by atoms with van der Waals surface area (Å²) in [5.41, 5.74) is 0.216. The second-order valence-electron chi connectivity index (χ2n) is 2.27. The van der Waals surface area contributed by atoms with Gasteiger partial charge in [-0.2, -0.15) is 0 Å². The summed E-state index contributed by atoms with van der Waals surface area (Å²) in [5, 5.41) is 0.898. The fraction of sp³-hybridized carbons (Fsp3) is 0.100. The van der Waals surface area contributed by atoms with Crippen LogP contribution in [-0.4, -0.2) is 0 Å². The Morgan fingerprint density at radius 3 is 2.83 bits per heavy atom. The second-order valence-corrected chi connectivity index (χ2v) is 2.27. The van der Waals surface area contributed by atoms with Crippen LogP contribution in [0.1, 0.15) is 6.92 Å². The Bertz CT molecular complexity index is 438. The molecule has 1 rings (SSSR count). The van der Waals surface area contributed by atoms with Gasteiger partial charge in [-0.15, -0.1) is 0 Å².